The van der Waals surface area contributed by atoms with Crippen molar-refractivity contribution in [2.45, 2.75) is 33.6 Å². The summed E-state index contributed by atoms with van der Waals surface area (Å²) in [5.41, 5.74) is 0. The summed E-state index contributed by atoms with van der Waals surface area (Å²) in [6.07, 6.45) is 0.773. The van der Waals surface area contributed by atoms with Crippen LogP contribution in [0.15, 0.2) is 0 Å². The molecule has 1 unspecified atom stereocenters. The standard InChI is InChI=1S/C11H20O4/c1-4-9(11(13)15-6-3)10(12)7-8-14-5-2/h9H,4-8H2,1-3H3. The number of carbonyl (C=O) groups is 2. The van der Waals surface area contributed by atoms with Gasteiger partial charge in [-0.2, -0.15) is 0 Å². The topological polar surface area (TPSA) is 52.6 Å². The van der Waals surface area contributed by atoms with Crippen molar-refractivity contribution in [2.75, 3.05) is 19.8 Å². The Morgan fingerprint density at radius 2 is 1.80 bits per heavy atom. The SMILES string of the molecule is CCOCCC(=O)C(CC)C(=O)OCC. The first-order valence-electron chi connectivity index (χ1n) is 5.44. The molecular weight excluding hydrogens is 196 g/mol. The Morgan fingerprint density at radius 3 is 2.27 bits per heavy atom. The van der Waals surface area contributed by atoms with Crippen molar-refractivity contribution in [1.29, 1.82) is 0 Å². The lowest BCUT2D eigenvalue weighted by Crippen LogP contribution is -2.26. The van der Waals surface area contributed by atoms with Crippen molar-refractivity contribution in [2.24, 2.45) is 5.92 Å². The second-order valence-electron chi connectivity index (χ2n) is 3.13. The molecule has 0 spiro atoms. The fourth-order valence-electron chi connectivity index (χ4n) is 1.26. The number of hydrogen-bond donors (Lipinski definition) is 0. The molecule has 0 saturated carbocycles. The van der Waals surface area contributed by atoms with Crippen LogP contribution < -0.4 is 0 Å². The van der Waals surface area contributed by atoms with Crippen molar-refractivity contribution >= 4 is 11.8 Å². The Morgan fingerprint density at radius 1 is 1.13 bits per heavy atom. The van der Waals surface area contributed by atoms with Gasteiger partial charge in [0.25, 0.3) is 0 Å². The molecule has 0 radical (unpaired) electrons. The van der Waals surface area contributed by atoms with E-state index in [1.54, 1.807) is 13.8 Å². The zero-order valence-corrected chi connectivity index (χ0v) is 9.75. The van der Waals surface area contributed by atoms with Crippen molar-refractivity contribution in [3.63, 3.8) is 0 Å². The summed E-state index contributed by atoms with van der Waals surface area (Å²) in [4.78, 5) is 22.9. The third-order valence-electron chi connectivity index (χ3n) is 2.06. The highest BCUT2D eigenvalue weighted by molar-refractivity contribution is 5.98. The minimum Gasteiger partial charge on any atom is -0.465 e. The van der Waals surface area contributed by atoms with Crippen LogP contribution in [-0.4, -0.2) is 31.6 Å². The highest BCUT2D eigenvalue weighted by Crippen LogP contribution is 2.09. The summed E-state index contributed by atoms with van der Waals surface area (Å²) in [7, 11) is 0. The first-order chi connectivity index (χ1) is 7.17. The molecule has 0 aromatic carbocycles. The van der Waals surface area contributed by atoms with Crippen LogP contribution in [0.5, 0.6) is 0 Å². The molecule has 4 heteroatoms. The number of hydrogen-bond acceptors (Lipinski definition) is 4. The zero-order valence-electron chi connectivity index (χ0n) is 9.75. The van der Waals surface area contributed by atoms with E-state index in [0.717, 1.165) is 0 Å². The molecule has 0 aliphatic rings. The lowest BCUT2D eigenvalue weighted by molar-refractivity contribution is -0.151. The van der Waals surface area contributed by atoms with Crippen LogP contribution in [0.25, 0.3) is 0 Å². The molecule has 0 aliphatic heterocycles. The van der Waals surface area contributed by atoms with E-state index in [1.807, 2.05) is 6.92 Å². The Bertz CT molecular complexity index is 201. The van der Waals surface area contributed by atoms with Crippen molar-refractivity contribution in [3.8, 4) is 0 Å². The maximum absolute atomic E-state index is 11.6. The van der Waals surface area contributed by atoms with Gasteiger partial charge in [-0.05, 0) is 20.3 Å². The van der Waals surface area contributed by atoms with E-state index in [1.165, 1.54) is 0 Å². The van der Waals surface area contributed by atoms with Gasteiger partial charge in [0.05, 0.1) is 13.2 Å². The van der Waals surface area contributed by atoms with Crippen LogP contribution in [0.2, 0.25) is 0 Å². The van der Waals surface area contributed by atoms with E-state index in [9.17, 15) is 9.59 Å². The van der Waals surface area contributed by atoms with E-state index in [2.05, 4.69) is 0 Å². The highest BCUT2D eigenvalue weighted by atomic mass is 16.5. The number of carbonyl (C=O) groups excluding carboxylic acids is 2. The van der Waals surface area contributed by atoms with E-state index in [4.69, 9.17) is 9.47 Å². The summed E-state index contributed by atoms with van der Waals surface area (Å²) in [5.74, 6) is -1.13. The minimum atomic E-state index is -0.620. The van der Waals surface area contributed by atoms with Gasteiger partial charge in [-0.15, -0.1) is 0 Å². The molecule has 0 aromatic heterocycles. The van der Waals surface area contributed by atoms with Crippen LogP contribution in [0.4, 0.5) is 0 Å². The highest BCUT2D eigenvalue weighted by Gasteiger charge is 2.25. The minimum absolute atomic E-state index is 0.0931. The molecule has 0 rings (SSSR count). The molecule has 0 fully saturated rings. The van der Waals surface area contributed by atoms with Gasteiger partial charge in [-0.25, -0.2) is 0 Å². The molecule has 0 N–H and O–H groups in total. The molecule has 0 saturated heterocycles. The Hall–Kier alpha value is -0.900. The molecule has 0 amide bonds. The predicted molar refractivity (Wildman–Crippen MR) is 56.5 cm³/mol. The number of ether oxygens (including phenoxy) is 2. The van der Waals surface area contributed by atoms with Gasteiger partial charge in [0.15, 0.2) is 0 Å². The number of rotatable bonds is 8. The molecule has 0 aromatic rings. The zero-order chi connectivity index (χ0) is 11.7. The van der Waals surface area contributed by atoms with Crippen LogP contribution >= 0.6 is 0 Å². The second-order valence-corrected chi connectivity index (χ2v) is 3.13. The van der Waals surface area contributed by atoms with E-state index < -0.39 is 11.9 Å². The molecule has 0 bridgehead atoms. The maximum Gasteiger partial charge on any atom is 0.316 e. The summed E-state index contributed by atoms with van der Waals surface area (Å²) in [5, 5.41) is 0. The first kappa shape index (κ1) is 14.1. The molecule has 0 aliphatic carbocycles. The smallest absolute Gasteiger partial charge is 0.316 e. The normalized spacial score (nSPS) is 12.2. The first-order valence-corrected chi connectivity index (χ1v) is 5.44. The van der Waals surface area contributed by atoms with E-state index in [-0.39, 0.29) is 12.2 Å². The largest absolute Gasteiger partial charge is 0.465 e. The Balaban J connectivity index is 4.03. The van der Waals surface area contributed by atoms with Gasteiger partial charge < -0.3 is 9.47 Å². The Kier molecular flexibility index (Phi) is 7.91. The van der Waals surface area contributed by atoms with Gasteiger partial charge in [0, 0.05) is 13.0 Å². The van der Waals surface area contributed by atoms with Crippen LogP contribution in [0.1, 0.15) is 33.6 Å². The molecule has 88 valence electrons. The fraction of sp³-hybridized carbons (Fsp3) is 0.818. The average Bonchev–Trinajstić information content (AvgIpc) is 2.19. The number of ketones is 1. The second kappa shape index (κ2) is 8.41. The summed E-state index contributed by atoms with van der Waals surface area (Å²) in [6, 6.07) is 0. The van der Waals surface area contributed by atoms with Gasteiger partial charge >= 0.3 is 5.97 Å². The van der Waals surface area contributed by atoms with Crippen LogP contribution in [0, 0.1) is 5.92 Å². The maximum atomic E-state index is 11.6. The molecule has 1 atom stereocenters. The van der Waals surface area contributed by atoms with Crippen molar-refractivity contribution in [3.05, 3.63) is 0 Å². The number of esters is 1. The summed E-state index contributed by atoms with van der Waals surface area (Å²) in [6.45, 7) is 6.69. The summed E-state index contributed by atoms with van der Waals surface area (Å²) >= 11 is 0. The Labute approximate surface area is 90.9 Å². The van der Waals surface area contributed by atoms with Gasteiger partial charge in [-0.3, -0.25) is 9.59 Å². The van der Waals surface area contributed by atoms with Crippen molar-refractivity contribution in [1.82, 2.24) is 0 Å². The lowest BCUT2D eigenvalue weighted by Gasteiger charge is -2.12. The quantitative estimate of drug-likeness (QED) is 0.351. The third kappa shape index (κ3) is 5.52. The van der Waals surface area contributed by atoms with E-state index >= 15 is 0 Å². The van der Waals surface area contributed by atoms with Crippen LogP contribution in [-0.2, 0) is 19.1 Å². The third-order valence-corrected chi connectivity index (χ3v) is 2.06. The molecule has 0 heterocycles. The van der Waals surface area contributed by atoms with Gasteiger partial charge in [0.2, 0.25) is 0 Å². The van der Waals surface area contributed by atoms with E-state index in [0.29, 0.717) is 26.2 Å². The molecule has 4 nitrogen and oxygen atoms in total. The average molecular weight is 216 g/mol. The number of Topliss-reactive ketones (excluding diaryl/α,β-unsaturated/α-hetero) is 1. The predicted octanol–water partition coefficient (Wildman–Crippen LogP) is 1.57. The fourth-order valence-corrected chi connectivity index (χ4v) is 1.26. The molecule has 15 heavy (non-hydrogen) atoms. The van der Waals surface area contributed by atoms with Gasteiger partial charge in [0.1, 0.15) is 11.7 Å². The molecular formula is C11H20O4. The van der Waals surface area contributed by atoms with Crippen molar-refractivity contribution < 1.29 is 19.1 Å². The monoisotopic (exact) mass is 216 g/mol. The van der Waals surface area contributed by atoms with Crippen LogP contribution in [0.3, 0.4) is 0 Å². The van der Waals surface area contributed by atoms with Gasteiger partial charge in [-0.1, -0.05) is 6.92 Å². The summed E-state index contributed by atoms with van der Waals surface area (Å²) < 4.78 is 9.89. The lowest BCUT2D eigenvalue weighted by atomic mass is 9.99.